The van der Waals surface area contributed by atoms with Crippen LogP contribution in [-0.4, -0.2) is 24.0 Å². The molecule has 0 unspecified atom stereocenters. The van der Waals surface area contributed by atoms with E-state index in [2.05, 4.69) is 23.0 Å². The summed E-state index contributed by atoms with van der Waals surface area (Å²) in [5, 5.41) is 7.05. The van der Waals surface area contributed by atoms with Gasteiger partial charge >= 0.3 is 0 Å². The maximum atomic E-state index is 5.53. The van der Waals surface area contributed by atoms with Gasteiger partial charge in [-0.05, 0) is 37.8 Å². The van der Waals surface area contributed by atoms with E-state index in [1.807, 2.05) is 22.9 Å². The standard InChI is InChI=1S/C19H23N3OS/c1-3-13-20-19-22(21-15-9-5-4-6-10-15)17(14-24-19)16-11-7-8-12-18(16)23-2/h3,7-8,11-12,14H,1,4-6,9-10,13H2,2H3. The van der Waals surface area contributed by atoms with Crippen molar-refractivity contribution >= 4 is 17.0 Å². The average Bonchev–Trinajstić information content (AvgIpc) is 3.03. The molecule has 0 bridgehead atoms. The van der Waals surface area contributed by atoms with E-state index in [4.69, 9.17) is 9.84 Å². The van der Waals surface area contributed by atoms with Crippen molar-refractivity contribution in [2.75, 3.05) is 13.7 Å². The van der Waals surface area contributed by atoms with Crippen LogP contribution in [0.25, 0.3) is 11.3 Å². The minimum Gasteiger partial charge on any atom is -0.496 e. The molecule has 2 aromatic rings. The van der Waals surface area contributed by atoms with Gasteiger partial charge in [0.25, 0.3) is 0 Å². The van der Waals surface area contributed by atoms with E-state index in [0.29, 0.717) is 6.54 Å². The normalized spacial score (nSPS) is 15.4. The van der Waals surface area contributed by atoms with Crippen molar-refractivity contribution < 1.29 is 4.74 Å². The van der Waals surface area contributed by atoms with Crippen LogP contribution in [0.2, 0.25) is 0 Å². The van der Waals surface area contributed by atoms with Gasteiger partial charge in [-0.15, -0.1) is 17.9 Å². The number of para-hydroxylation sites is 1. The highest BCUT2D eigenvalue weighted by Crippen LogP contribution is 2.30. The molecule has 4 nitrogen and oxygen atoms in total. The van der Waals surface area contributed by atoms with Crippen molar-refractivity contribution in [2.45, 2.75) is 32.1 Å². The molecular formula is C19H23N3OS. The van der Waals surface area contributed by atoms with Gasteiger partial charge in [-0.3, -0.25) is 4.99 Å². The van der Waals surface area contributed by atoms with Crippen molar-refractivity contribution in [2.24, 2.45) is 10.1 Å². The van der Waals surface area contributed by atoms with Crippen LogP contribution in [0.3, 0.4) is 0 Å². The number of aromatic nitrogens is 1. The molecule has 1 saturated carbocycles. The quantitative estimate of drug-likeness (QED) is 0.739. The lowest BCUT2D eigenvalue weighted by atomic mass is 9.99. The Morgan fingerprint density at radius 3 is 2.79 bits per heavy atom. The van der Waals surface area contributed by atoms with Crippen molar-refractivity contribution in [1.29, 1.82) is 0 Å². The first-order valence-corrected chi connectivity index (χ1v) is 9.23. The van der Waals surface area contributed by atoms with Crippen molar-refractivity contribution in [1.82, 2.24) is 4.68 Å². The number of thiazole rings is 1. The van der Waals surface area contributed by atoms with Gasteiger partial charge in [0.05, 0.1) is 19.3 Å². The second-order valence-corrected chi connectivity index (χ2v) is 6.61. The fraction of sp³-hybridized carbons (Fsp3) is 0.368. The van der Waals surface area contributed by atoms with E-state index >= 15 is 0 Å². The zero-order valence-electron chi connectivity index (χ0n) is 14.1. The molecule has 24 heavy (non-hydrogen) atoms. The van der Waals surface area contributed by atoms with Crippen molar-refractivity contribution in [3.05, 3.63) is 47.1 Å². The van der Waals surface area contributed by atoms with Crippen LogP contribution in [0, 0.1) is 0 Å². The molecule has 0 N–H and O–H groups in total. The third kappa shape index (κ3) is 3.67. The minimum atomic E-state index is 0.594. The molecule has 0 aliphatic heterocycles. The molecule has 1 fully saturated rings. The summed E-state index contributed by atoms with van der Waals surface area (Å²) in [6.45, 7) is 4.35. The smallest absolute Gasteiger partial charge is 0.206 e. The molecule has 1 aromatic heterocycles. The number of ether oxygens (including phenoxy) is 1. The van der Waals surface area contributed by atoms with Crippen LogP contribution in [-0.2, 0) is 0 Å². The Bertz CT molecular complexity index is 793. The Hall–Kier alpha value is -2.14. The molecule has 1 aliphatic carbocycles. The molecule has 126 valence electrons. The monoisotopic (exact) mass is 341 g/mol. The molecule has 1 aliphatic rings. The second kappa shape index (κ2) is 8.11. The van der Waals surface area contributed by atoms with Crippen molar-refractivity contribution in [3.8, 4) is 17.0 Å². The predicted molar refractivity (Wildman–Crippen MR) is 101 cm³/mol. The molecule has 0 atom stereocenters. The zero-order chi connectivity index (χ0) is 16.8. The summed E-state index contributed by atoms with van der Waals surface area (Å²) < 4.78 is 7.51. The lowest BCUT2D eigenvalue weighted by molar-refractivity contribution is 0.416. The second-order valence-electron chi connectivity index (χ2n) is 5.77. The van der Waals surface area contributed by atoms with Gasteiger partial charge in [0.2, 0.25) is 4.80 Å². The maximum absolute atomic E-state index is 5.53. The third-order valence-electron chi connectivity index (χ3n) is 4.10. The molecule has 0 radical (unpaired) electrons. The van der Waals surface area contributed by atoms with Gasteiger partial charge in [0, 0.05) is 16.7 Å². The van der Waals surface area contributed by atoms with Gasteiger partial charge in [0.15, 0.2) is 0 Å². The number of methoxy groups -OCH3 is 1. The highest BCUT2D eigenvalue weighted by Gasteiger charge is 2.14. The predicted octanol–water partition coefficient (Wildman–Crippen LogP) is 4.48. The Morgan fingerprint density at radius 2 is 2.04 bits per heavy atom. The average molecular weight is 341 g/mol. The molecule has 0 saturated heterocycles. The summed E-state index contributed by atoms with van der Waals surface area (Å²) in [5.74, 6) is 0.850. The lowest BCUT2D eigenvalue weighted by Crippen LogP contribution is -2.16. The van der Waals surface area contributed by atoms with Crippen LogP contribution in [0.5, 0.6) is 5.75 Å². The fourth-order valence-electron chi connectivity index (χ4n) is 2.89. The zero-order valence-corrected chi connectivity index (χ0v) is 14.9. The van der Waals surface area contributed by atoms with E-state index in [9.17, 15) is 0 Å². The number of nitrogens with zero attached hydrogens (tertiary/aromatic N) is 3. The SMILES string of the molecule is C=CCN=c1scc(-c2ccccc2OC)n1N=C1CCCCC1. The van der Waals surface area contributed by atoms with Gasteiger partial charge < -0.3 is 4.74 Å². The number of benzene rings is 1. The van der Waals surface area contributed by atoms with Gasteiger partial charge in [-0.25, -0.2) is 4.68 Å². The highest BCUT2D eigenvalue weighted by molar-refractivity contribution is 7.07. The topological polar surface area (TPSA) is 38.9 Å². The Labute approximate surface area is 146 Å². The molecule has 1 aromatic carbocycles. The van der Waals surface area contributed by atoms with E-state index < -0.39 is 0 Å². The molecular weight excluding hydrogens is 318 g/mol. The Kier molecular flexibility index (Phi) is 5.64. The van der Waals surface area contributed by atoms with E-state index in [0.717, 1.165) is 34.6 Å². The molecule has 0 spiro atoms. The Balaban J connectivity index is 2.12. The van der Waals surface area contributed by atoms with Gasteiger partial charge in [-0.1, -0.05) is 24.6 Å². The van der Waals surface area contributed by atoms with E-state index in [1.54, 1.807) is 24.5 Å². The van der Waals surface area contributed by atoms with Crippen LogP contribution in [0.4, 0.5) is 0 Å². The largest absolute Gasteiger partial charge is 0.496 e. The summed E-state index contributed by atoms with van der Waals surface area (Å²) in [7, 11) is 1.70. The first kappa shape index (κ1) is 16.7. The lowest BCUT2D eigenvalue weighted by Gasteiger charge is -2.14. The first-order valence-electron chi connectivity index (χ1n) is 8.35. The minimum absolute atomic E-state index is 0.594. The van der Waals surface area contributed by atoms with Crippen molar-refractivity contribution in [3.63, 3.8) is 0 Å². The number of hydrogen-bond acceptors (Lipinski definition) is 4. The van der Waals surface area contributed by atoms with Gasteiger partial charge in [-0.2, -0.15) is 5.10 Å². The summed E-state index contributed by atoms with van der Waals surface area (Å²) in [4.78, 5) is 5.50. The number of rotatable bonds is 5. The summed E-state index contributed by atoms with van der Waals surface area (Å²) >= 11 is 1.60. The van der Waals surface area contributed by atoms with Crippen LogP contribution < -0.4 is 9.54 Å². The highest BCUT2D eigenvalue weighted by atomic mass is 32.1. The summed E-state index contributed by atoms with van der Waals surface area (Å²) in [6, 6.07) is 8.05. The fourth-order valence-corrected chi connectivity index (χ4v) is 3.72. The Morgan fingerprint density at radius 1 is 1.25 bits per heavy atom. The summed E-state index contributed by atoms with van der Waals surface area (Å²) in [6.07, 6.45) is 7.73. The molecule has 3 rings (SSSR count). The first-order chi connectivity index (χ1) is 11.8. The van der Waals surface area contributed by atoms with E-state index in [-0.39, 0.29) is 0 Å². The third-order valence-corrected chi connectivity index (χ3v) is 4.95. The molecule has 0 amide bonds. The molecule has 5 heteroatoms. The number of hydrogen-bond donors (Lipinski definition) is 0. The van der Waals surface area contributed by atoms with E-state index in [1.165, 1.54) is 25.0 Å². The molecule has 1 heterocycles. The van der Waals surface area contributed by atoms with Crippen LogP contribution >= 0.6 is 11.3 Å². The van der Waals surface area contributed by atoms with Crippen LogP contribution in [0.15, 0.2) is 52.4 Å². The van der Waals surface area contributed by atoms with Gasteiger partial charge in [0.1, 0.15) is 5.75 Å². The summed E-state index contributed by atoms with van der Waals surface area (Å²) in [5.41, 5.74) is 3.32. The van der Waals surface area contributed by atoms with Crippen LogP contribution in [0.1, 0.15) is 32.1 Å². The maximum Gasteiger partial charge on any atom is 0.206 e.